The van der Waals surface area contributed by atoms with Crippen LogP contribution in [-0.2, 0) is 9.53 Å². The lowest BCUT2D eigenvalue weighted by Crippen LogP contribution is -2.18. The number of thiazole rings is 1. The highest BCUT2D eigenvalue weighted by molar-refractivity contribution is 7.99. The molecule has 0 saturated heterocycles. The molecule has 0 aliphatic carbocycles. The Morgan fingerprint density at radius 2 is 1.91 bits per heavy atom. The highest BCUT2D eigenvalue weighted by Crippen LogP contribution is 2.25. The summed E-state index contributed by atoms with van der Waals surface area (Å²) >= 11 is 7.71. The van der Waals surface area contributed by atoms with E-state index in [-0.39, 0.29) is 29.4 Å². The Balaban J connectivity index is 1.55. The standard InChI is InChI=1S/C22H18N4O4S3/c1-2-30-20(29)14-10-6-7-11-15(14)23-16(27)12-32-21-24-18-17(19(28)25-21)33-22(31)26(18)13-8-4-3-5-9-13/h3-11H,2,12H2,1H3,(H,23,27)(H,24,25,28). The molecule has 4 aromatic rings. The fourth-order valence-electron chi connectivity index (χ4n) is 3.07. The Hall–Kier alpha value is -3.28. The van der Waals surface area contributed by atoms with E-state index in [1.807, 2.05) is 30.3 Å². The predicted molar refractivity (Wildman–Crippen MR) is 132 cm³/mol. The molecule has 11 heteroatoms. The van der Waals surface area contributed by atoms with Crippen LogP contribution in [0, 0.1) is 3.95 Å². The van der Waals surface area contributed by atoms with Gasteiger partial charge in [-0.3, -0.25) is 14.2 Å². The van der Waals surface area contributed by atoms with Crippen LogP contribution in [0.2, 0.25) is 0 Å². The van der Waals surface area contributed by atoms with E-state index in [2.05, 4.69) is 15.3 Å². The van der Waals surface area contributed by atoms with Crippen molar-refractivity contribution in [3.63, 3.8) is 0 Å². The van der Waals surface area contributed by atoms with Crippen molar-refractivity contribution in [1.82, 2.24) is 14.5 Å². The number of rotatable bonds is 7. The predicted octanol–water partition coefficient (Wildman–Crippen LogP) is 4.41. The molecule has 0 atom stereocenters. The average molecular weight is 499 g/mol. The minimum absolute atomic E-state index is 0.0260. The molecule has 0 radical (unpaired) electrons. The molecule has 0 spiro atoms. The first-order chi connectivity index (χ1) is 16.0. The minimum atomic E-state index is -0.514. The number of esters is 1. The monoisotopic (exact) mass is 498 g/mol. The Kier molecular flexibility index (Phi) is 7.02. The number of aromatic nitrogens is 3. The molecule has 2 aromatic heterocycles. The van der Waals surface area contributed by atoms with Crippen LogP contribution in [0.1, 0.15) is 17.3 Å². The van der Waals surface area contributed by atoms with Gasteiger partial charge >= 0.3 is 5.97 Å². The number of anilines is 1. The summed E-state index contributed by atoms with van der Waals surface area (Å²) in [5.74, 6) is -0.896. The van der Waals surface area contributed by atoms with Crippen molar-refractivity contribution in [2.24, 2.45) is 0 Å². The van der Waals surface area contributed by atoms with E-state index in [4.69, 9.17) is 17.0 Å². The quantitative estimate of drug-likeness (QED) is 0.168. The van der Waals surface area contributed by atoms with Gasteiger partial charge in [0, 0.05) is 5.69 Å². The lowest BCUT2D eigenvalue weighted by Gasteiger charge is -2.10. The molecule has 2 N–H and O–H groups in total. The van der Waals surface area contributed by atoms with E-state index in [1.165, 1.54) is 11.3 Å². The molecule has 8 nitrogen and oxygen atoms in total. The second-order valence-electron chi connectivity index (χ2n) is 6.67. The number of H-pyrrole nitrogens is 1. The van der Waals surface area contributed by atoms with Gasteiger partial charge in [0.25, 0.3) is 5.56 Å². The molecular formula is C22H18N4O4S3. The number of hydrogen-bond donors (Lipinski definition) is 2. The van der Waals surface area contributed by atoms with Crippen LogP contribution in [-0.4, -0.2) is 38.8 Å². The summed E-state index contributed by atoms with van der Waals surface area (Å²) in [6, 6.07) is 16.0. The van der Waals surface area contributed by atoms with E-state index in [1.54, 1.807) is 35.8 Å². The number of fused-ring (bicyclic) bond motifs is 1. The zero-order chi connectivity index (χ0) is 23.4. The third kappa shape index (κ3) is 5.05. The summed E-state index contributed by atoms with van der Waals surface area (Å²) in [5, 5.41) is 3.00. The maximum absolute atomic E-state index is 12.6. The van der Waals surface area contributed by atoms with Crippen LogP contribution in [0.15, 0.2) is 64.5 Å². The van der Waals surface area contributed by atoms with Crippen LogP contribution in [0.5, 0.6) is 0 Å². The third-order valence-corrected chi connectivity index (χ3v) is 6.71. The van der Waals surface area contributed by atoms with Crippen molar-refractivity contribution >= 4 is 63.2 Å². The van der Waals surface area contributed by atoms with E-state index in [0.29, 0.717) is 25.1 Å². The number of ether oxygens (including phenoxy) is 1. The zero-order valence-electron chi connectivity index (χ0n) is 17.4. The molecule has 0 bridgehead atoms. The summed E-state index contributed by atoms with van der Waals surface area (Å²) in [6.45, 7) is 1.94. The van der Waals surface area contributed by atoms with Crippen LogP contribution in [0.3, 0.4) is 0 Å². The second-order valence-corrected chi connectivity index (χ2v) is 9.27. The minimum Gasteiger partial charge on any atom is -0.462 e. The van der Waals surface area contributed by atoms with Crippen LogP contribution in [0.25, 0.3) is 16.0 Å². The van der Waals surface area contributed by atoms with Gasteiger partial charge in [-0.1, -0.05) is 53.4 Å². The lowest BCUT2D eigenvalue weighted by molar-refractivity contribution is -0.113. The molecule has 1 amide bonds. The number of amides is 1. The van der Waals surface area contributed by atoms with E-state index in [0.717, 1.165) is 17.4 Å². The molecule has 0 aliphatic heterocycles. The van der Waals surface area contributed by atoms with Crippen LogP contribution >= 0.6 is 35.3 Å². The van der Waals surface area contributed by atoms with Gasteiger partial charge in [-0.25, -0.2) is 9.78 Å². The normalized spacial score (nSPS) is 10.8. The molecule has 2 heterocycles. The first-order valence-corrected chi connectivity index (χ1v) is 12.1. The molecule has 2 aromatic carbocycles. The molecule has 0 fully saturated rings. The summed E-state index contributed by atoms with van der Waals surface area (Å²) in [4.78, 5) is 44.5. The Morgan fingerprint density at radius 3 is 2.67 bits per heavy atom. The van der Waals surface area contributed by atoms with Gasteiger partial charge in [0.2, 0.25) is 5.91 Å². The zero-order valence-corrected chi connectivity index (χ0v) is 19.8. The highest BCUT2D eigenvalue weighted by atomic mass is 32.2. The van der Waals surface area contributed by atoms with Gasteiger partial charge in [0.05, 0.1) is 23.6 Å². The summed E-state index contributed by atoms with van der Waals surface area (Å²) < 4.78 is 7.69. The highest BCUT2D eigenvalue weighted by Gasteiger charge is 2.16. The van der Waals surface area contributed by atoms with Gasteiger partial charge in [-0.2, -0.15) is 0 Å². The van der Waals surface area contributed by atoms with Crippen LogP contribution < -0.4 is 10.9 Å². The van der Waals surface area contributed by atoms with Gasteiger partial charge < -0.3 is 15.0 Å². The maximum Gasteiger partial charge on any atom is 0.340 e. The molecule has 0 aliphatic rings. The number of para-hydroxylation sites is 2. The van der Waals surface area contributed by atoms with Crippen molar-refractivity contribution in [3.8, 4) is 5.69 Å². The van der Waals surface area contributed by atoms with Gasteiger partial charge in [-0.15, -0.1) is 0 Å². The third-order valence-electron chi connectivity index (χ3n) is 4.47. The Morgan fingerprint density at radius 1 is 1.18 bits per heavy atom. The first kappa shape index (κ1) is 22.9. The van der Waals surface area contributed by atoms with Gasteiger partial charge in [-0.05, 0) is 43.4 Å². The van der Waals surface area contributed by atoms with Gasteiger partial charge in [0.15, 0.2) is 14.8 Å². The number of hydrogen-bond acceptors (Lipinski definition) is 8. The van der Waals surface area contributed by atoms with Crippen LogP contribution in [0.4, 0.5) is 5.69 Å². The molecule has 0 unspecified atom stereocenters. The molecule has 33 heavy (non-hydrogen) atoms. The first-order valence-electron chi connectivity index (χ1n) is 9.88. The van der Waals surface area contributed by atoms with Crippen molar-refractivity contribution in [1.29, 1.82) is 0 Å². The number of nitrogens with zero attached hydrogens (tertiary/aromatic N) is 2. The molecule has 4 rings (SSSR count). The molecular weight excluding hydrogens is 480 g/mol. The number of benzene rings is 2. The maximum atomic E-state index is 12.6. The average Bonchev–Trinajstić information content (AvgIpc) is 3.15. The number of nitrogens with one attached hydrogen (secondary N) is 2. The largest absolute Gasteiger partial charge is 0.462 e. The van der Waals surface area contributed by atoms with Crippen molar-refractivity contribution in [2.45, 2.75) is 12.1 Å². The summed E-state index contributed by atoms with van der Waals surface area (Å²) in [6.07, 6.45) is 0. The number of thioether (sulfide) groups is 1. The summed E-state index contributed by atoms with van der Waals surface area (Å²) in [7, 11) is 0. The number of carbonyl (C=O) groups excluding carboxylic acids is 2. The van der Waals surface area contributed by atoms with E-state index < -0.39 is 5.97 Å². The summed E-state index contributed by atoms with van der Waals surface area (Å²) in [5.41, 5.74) is 1.55. The van der Waals surface area contributed by atoms with Crippen molar-refractivity contribution in [3.05, 3.63) is 74.5 Å². The topological polar surface area (TPSA) is 106 Å². The number of aromatic amines is 1. The van der Waals surface area contributed by atoms with E-state index >= 15 is 0 Å². The fourth-order valence-corrected chi connectivity index (χ4v) is 4.99. The number of carbonyl (C=O) groups is 2. The SMILES string of the molecule is CCOC(=O)c1ccccc1NC(=O)CSc1nc2c(sc(=S)n2-c2ccccc2)c(=O)[nH]1. The fraction of sp³-hybridized carbons (Fsp3) is 0.136. The smallest absolute Gasteiger partial charge is 0.340 e. The Labute approximate surface area is 201 Å². The molecule has 168 valence electrons. The second kappa shape index (κ2) is 10.1. The van der Waals surface area contributed by atoms with Crippen molar-refractivity contribution < 1.29 is 14.3 Å². The van der Waals surface area contributed by atoms with Crippen molar-refractivity contribution in [2.75, 3.05) is 17.7 Å². The molecule has 0 saturated carbocycles. The lowest BCUT2D eigenvalue weighted by atomic mass is 10.2. The Bertz CT molecular complexity index is 1440. The van der Waals surface area contributed by atoms with Gasteiger partial charge in [0.1, 0.15) is 4.70 Å². The van der Waals surface area contributed by atoms with E-state index in [9.17, 15) is 14.4 Å².